The molecule has 0 saturated carbocycles. The quantitative estimate of drug-likeness (QED) is 0.843. The van der Waals surface area contributed by atoms with Crippen LogP contribution >= 0.6 is 0 Å². The van der Waals surface area contributed by atoms with E-state index in [9.17, 15) is 0 Å². The van der Waals surface area contributed by atoms with Gasteiger partial charge in [0.15, 0.2) is 0 Å². The van der Waals surface area contributed by atoms with Crippen molar-refractivity contribution in [2.75, 3.05) is 13.7 Å². The number of nitrogens with one attached hydrogen (secondary N) is 1. The summed E-state index contributed by atoms with van der Waals surface area (Å²) < 4.78 is 7.66. The van der Waals surface area contributed by atoms with Gasteiger partial charge in [0.05, 0.1) is 6.61 Å². The first-order chi connectivity index (χ1) is 9.78. The Labute approximate surface area is 120 Å². The van der Waals surface area contributed by atoms with Crippen LogP contribution in [0.5, 0.6) is 5.75 Å². The Hall–Kier alpha value is -1.81. The summed E-state index contributed by atoms with van der Waals surface area (Å²) in [6.45, 7) is 5.78. The van der Waals surface area contributed by atoms with E-state index in [1.54, 1.807) is 0 Å². The molecule has 0 spiro atoms. The summed E-state index contributed by atoms with van der Waals surface area (Å²) in [5.74, 6) is 2.03. The van der Waals surface area contributed by atoms with Gasteiger partial charge in [-0.1, -0.05) is 12.1 Å². The average molecular weight is 273 g/mol. The summed E-state index contributed by atoms with van der Waals surface area (Å²) in [5, 5.41) is 3.37. The van der Waals surface area contributed by atoms with Gasteiger partial charge in [-0.25, -0.2) is 4.98 Å². The molecule has 0 amide bonds. The van der Waals surface area contributed by atoms with E-state index in [0.717, 1.165) is 24.5 Å². The summed E-state index contributed by atoms with van der Waals surface area (Å²) in [4.78, 5) is 4.45. The third-order valence-electron chi connectivity index (χ3n) is 3.47. The SMILES string of the molecule is CCOc1ccc(C(Cc2nccn2CC)NC)cc1. The van der Waals surface area contributed by atoms with Gasteiger partial charge in [0, 0.05) is 31.4 Å². The van der Waals surface area contributed by atoms with E-state index in [4.69, 9.17) is 4.74 Å². The fraction of sp³-hybridized carbons (Fsp3) is 0.438. The largest absolute Gasteiger partial charge is 0.494 e. The van der Waals surface area contributed by atoms with Crippen LogP contribution in [0.15, 0.2) is 36.7 Å². The Morgan fingerprint density at radius 2 is 2.00 bits per heavy atom. The Kier molecular flexibility index (Phi) is 5.18. The smallest absolute Gasteiger partial charge is 0.119 e. The van der Waals surface area contributed by atoms with Crippen molar-refractivity contribution in [3.63, 3.8) is 0 Å². The number of nitrogens with zero attached hydrogens (tertiary/aromatic N) is 2. The Balaban J connectivity index is 2.11. The van der Waals surface area contributed by atoms with Crippen molar-refractivity contribution >= 4 is 0 Å². The van der Waals surface area contributed by atoms with Gasteiger partial charge in [0.25, 0.3) is 0 Å². The van der Waals surface area contributed by atoms with Crippen molar-refractivity contribution in [3.8, 4) is 5.75 Å². The number of aromatic nitrogens is 2. The molecule has 0 aliphatic heterocycles. The summed E-state index contributed by atoms with van der Waals surface area (Å²) in [5.41, 5.74) is 1.25. The lowest BCUT2D eigenvalue weighted by molar-refractivity contribution is 0.340. The fourth-order valence-corrected chi connectivity index (χ4v) is 2.35. The third-order valence-corrected chi connectivity index (χ3v) is 3.47. The number of ether oxygens (including phenoxy) is 1. The minimum absolute atomic E-state index is 0.262. The first-order valence-corrected chi connectivity index (χ1v) is 7.18. The highest BCUT2D eigenvalue weighted by Crippen LogP contribution is 2.20. The van der Waals surface area contributed by atoms with Crippen molar-refractivity contribution in [1.29, 1.82) is 0 Å². The maximum atomic E-state index is 5.48. The highest BCUT2D eigenvalue weighted by Gasteiger charge is 2.13. The van der Waals surface area contributed by atoms with Crippen molar-refractivity contribution < 1.29 is 4.74 Å². The molecule has 0 fully saturated rings. The molecule has 0 aliphatic carbocycles. The molecule has 1 aromatic heterocycles. The standard InChI is InChI=1S/C16H23N3O/c1-4-19-11-10-18-16(19)12-15(17-3)13-6-8-14(9-7-13)20-5-2/h6-11,15,17H,4-5,12H2,1-3H3. The Morgan fingerprint density at radius 1 is 1.25 bits per heavy atom. The van der Waals surface area contributed by atoms with Crippen molar-refractivity contribution in [3.05, 3.63) is 48.0 Å². The summed E-state index contributed by atoms with van der Waals surface area (Å²) in [6.07, 6.45) is 4.77. The van der Waals surface area contributed by atoms with Crippen molar-refractivity contribution in [1.82, 2.24) is 14.9 Å². The zero-order valence-corrected chi connectivity index (χ0v) is 12.5. The maximum absolute atomic E-state index is 5.48. The van der Waals surface area contributed by atoms with E-state index in [1.165, 1.54) is 5.56 Å². The van der Waals surface area contributed by atoms with E-state index in [1.807, 2.05) is 38.5 Å². The minimum Gasteiger partial charge on any atom is -0.494 e. The van der Waals surface area contributed by atoms with Crippen LogP contribution in [0.3, 0.4) is 0 Å². The molecule has 0 bridgehead atoms. The molecular formula is C16H23N3O. The highest BCUT2D eigenvalue weighted by molar-refractivity contribution is 5.29. The molecule has 4 nitrogen and oxygen atoms in total. The van der Waals surface area contributed by atoms with Crippen LogP contribution in [-0.2, 0) is 13.0 Å². The zero-order valence-electron chi connectivity index (χ0n) is 12.5. The number of imidazole rings is 1. The predicted octanol–water partition coefficient (Wildman–Crippen LogP) is 2.80. The first-order valence-electron chi connectivity index (χ1n) is 7.18. The lowest BCUT2D eigenvalue weighted by Crippen LogP contribution is -2.20. The molecule has 1 aromatic carbocycles. The van der Waals surface area contributed by atoms with E-state index in [-0.39, 0.29) is 6.04 Å². The lowest BCUT2D eigenvalue weighted by atomic mass is 10.0. The van der Waals surface area contributed by atoms with Crippen LogP contribution in [0.25, 0.3) is 0 Å². The maximum Gasteiger partial charge on any atom is 0.119 e. The van der Waals surface area contributed by atoms with Gasteiger partial charge in [-0.3, -0.25) is 0 Å². The highest BCUT2D eigenvalue weighted by atomic mass is 16.5. The molecule has 20 heavy (non-hydrogen) atoms. The monoisotopic (exact) mass is 273 g/mol. The second-order valence-corrected chi connectivity index (χ2v) is 4.68. The molecule has 1 atom stereocenters. The van der Waals surface area contributed by atoms with E-state index in [0.29, 0.717) is 6.61 Å². The van der Waals surface area contributed by atoms with Gasteiger partial charge in [-0.2, -0.15) is 0 Å². The number of likely N-dealkylation sites (N-methyl/N-ethyl adjacent to an activating group) is 1. The van der Waals surface area contributed by atoms with E-state index >= 15 is 0 Å². The third kappa shape index (κ3) is 3.39. The number of hydrogen-bond acceptors (Lipinski definition) is 3. The van der Waals surface area contributed by atoms with Crippen LogP contribution in [0.1, 0.15) is 31.3 Å². The van der Waals surface area contributed by atoms with E-state index < -0.39 is 0 Å². The van der Waals surface area contributed by atoms with Crippen molar-refractivity contribution in [2.24, 2.45) is 0 Å². The summed E-state index contributed by atoms with van der Waals surface area (Å²) >= 11 is 0. The number of benzene rings is 1. The zero-order chi connectivity index (χ0) is 14.4. The van der Waals surface area contributed by atoms with Crippen LogP contribution in [0.4, 0.5) is 0 Å². The fourth-order valence-electron chi connectivity index (χ4n) is 2.35. The molecule has 4 heteroatoms. The van der Waals surface area contributed by atoms with Crippen LogP contribution < -0.4 is 10.1 Å². The van der Waals surface area contributed by atoms with Gasteiger partial charge in [0.1, 0.15) is 11.6 Å². The van der Waals surface area contributed by atoms with Crippen LogP contribution in [-0.4, -0.2) is 23.2 Å². The van der Waals surface area contributed by atoms with Gasteiger partial charge in [0.2, 0.25) is 0 Å². The number of rotatable bonds is 7. The topological polar surface area (TPSA) is 39.1 Å². The van der Waals surface area contributed by atoms with Gasteiger partial charge in [-0.05, 0) is 38.6 Å². The number of aryl methyl sites for hydroxylation is 1. The first kappa shape index (κ1) is 14.6. The molecule has 2 rings (SSSR count). The molecule has 2 aromatic rings. The van der Waals surface area contributed by atoms with Gasteiger partial charge in [-0.15, -0.1) is 0 Å². The molecule has 1 unspecified atom stereocenters. The second-order valence-electron chi connectivity index (χ2n) is 4.68. The van der Waals surface area contributed by atoms with Gasteiger partial charge < -0.3 is 14.6 Å². The molecule has 108 valence electrons. The molecule has 1 N–H and O–H groups in total. The summed E-state index contributed by atoms with van der Waals surface area (Å²) in [7, 11) is 1.99. The lowest BCUT2D eigenvalue weighted by Gasteiger charge is -2.17. The molecule has 1 heterocycles. The van der Waals surface area contributed by atoms with Crippen LogP contribution in [0.2, 0.25) is 0 Å². The normalized spacial score (nSPS) is 12.3. The molecule has 0 radical (unpaired) electrons. The molecule has 0 aliphatic rings. The second kappa shape index (κ2) is 7.10. The van der Waals surface area contributed by atoms with Crippen LogP contribution in [0, 0.1) is 0 Å². The Morgan fingerprint density at radius 3 is 2.60 bits per heavy atom. The van der Waals surface area contributed by atoms with Gasteiger partial charge >= 0.3 is 0 Å². The Bertz CT molecular complexity index is 519. The van der Waals surface area contributed by atoms with E-state index in [2.05, 4.69) is 33.9 Å². The molecule has 0 saturated heterocycles. The number of hydrogen-bond donors (Lipinski definition) is 1. The minimum atomic E-state index is 0.262. The average Bonchev–Trinajstić information content (AvgIpc) is 2.93. The summed E-state index contributed by atoms with van der Waals surface area (Å²) in [6, 6.07) is 8.54. The predicted molar refractivity (Wildman–Crippen MR) is 81.0 cm³/mol. The van der Waals surface area contributed by atoms with Crippen molar-refractivity contribution in [2.45, 2.75) is 32.9 Å². The molecular weight excluding hydrogens is 250 g/mol.